The van der Waals surface area contributed by atoms with E-state index in [0.717, 1.165) is 13.0 Å². The Kier molecular flexibility index (Phi) is 1.62. The second-order valence-corrected chi connectivity index (χ2v) is 3.09. The van der Waals surface area contributed by atoms with Crippen LogP contribution in [0.25, 0.3) is 0 Å². The molecule has 1 saturated heterocycles. The zero-order valence-corrected chi connectivity index (χ0v) is 4.85. The first-order valence-electron chi connectivity index (χ1n) is 1.92. The molecule has 0 aliphatic carbocycles. The van der Waals surface area contributed by atoms with Crippen molar-refractivity contribution in [2.24, 2.45) is 0 Å². The molecule has 1 unspecified atom stereocenters. The Bertz CT molecular complexity index is 44.1. The van der Waals surface area contributed by atoms with Crippen molar-refractivity contribution in [3.8, 4) is 0 Å². The van der Waals surface area contributed by atoms with Gasteiger partial charge < -0.3 is 0 Å². The zero-order valence-electron chi connectivity index (χ0n) is 3.28. The molecule has 0 amide bonds. The van der Waals surface area contributed by atoms with Crippen molar-refractivity contribution in [3.63, 3.8) is 0 Å². The number of alkyl halides is 1. The summed E-state index contributed by atoms with van der Waals surface area (Å²) in [5.41, 5.74) is 0. The Labute approximate surface area is 46.6 Å². The number of hydrogen-bond donors (Lipinski definition) is 1. The fraction of sp³-hybridized carbons (Fsp3) is 1.00. The molecule has 0 aromatic carbocycles. The van der Waals surface area contributed by atoms with Crippen molar-refractivity contribution in [2.75, 3.05) is 6.54 Å². The SMILES string of the molecule is ClC1CCNS1. The summed E-state index contributed by atoms with van der Waals surface area (Å²) in [5, 5.41) is 0. The van der Waals surface area contributed by atoms with Crippen LogP contribution >= 0.6 is 23.5 Å². The monoisotopic (exact) mass is 123 g/mol. The Morgan fingerprint density at radius 2 is 2.67 bits per heavy atom. The van der Waals surface area contributed by atoms with Crippen molar-refractivity contribution in [3.05, 3.63) is 0 Å². The van der Waals surface area contributed by atoms with Crippen molar-refractivity contribution >= 4 is 23.5 Å². The normalized spacial score (nSPS) is 34.5. The van der Waals surface area contributed by atoms with Crippen LogP contribution in [0.5, 0.6) is 0 Å². The van der Waals surface area contributed by atoms with Crippen LogP contribution in [-0.2, 0) is 0 Å². The van der Waals surface area contributed by atoms with E-state index in [4.69, 9.17) is 11.6 Å². The summed E-state index contributed by atoms with van der Waals surface area (Å²) < 4.78 is 3.38. The van der Waals surface area contributed by atoms with Crippen LogP contribution < -0.4 is 4.72 Å². The third-order valence-electron chi connectivity index (χ3n) is 0.685. The molecule has 0 radical (unpaired) electrons. The van der Waals surface area contributed by atoms with Crippen LogP contribution in [0.3, 0.4) is 0 Å². The van der Waals surface area contributed by atoms with Gasteiger partial charge in [0.25, 0.3) is 0 Å². The maximum atomic E-state index is 5.61. The van der Waals surface area contributed by atoms with Crippen LogP contribution in [0, 0.1) is 0 Å². The van der Waals surface area contributed by atoms with Gasteiger partial charge in [0.15, 0.2) is 0 Å². The maximum Gasteiger partial charge on any atom is 0.0945 e. The second-order valence-electron chi connectivity index (χ2n) is 1.21. The topological polar surface area (TPSA) is 12.0 Å². The standard InChI is InChI=1S/C3H6ClNS/c4-3-1-2-5-6-3/h3,5H,1-2H2. The molecule has 6 heavy (non-hydrogen) atoms. The van der Waals surface area contributed by atoms with E-state index < -0.39 is 0 Å². The quantitative estimate of drug-likeness (QED) is 0.384. The fourth-order valence-corrected chi connectivity index (χ4v) is 1.33. The zero-order chi connectivity index (χ0) is 4.41. The van der Waals surface area contributed by atoms with Gasteiger partial charge in [-0.15, -0.1) is 11.6 Å². The van der Waals surface area contributed by atoms with Crippen molar-refractivity contribution in [2.45, 2.75) is 11.1 Å². The third-order valence-corrected chi connectivity index (χ3v) is 2.03. The van der Waals surface area contributed by atoms with E-state index >= 15 is 0 Å². The predicted molar refractivity (Wildman–Crippen MR) is 29.9 cm³/mol. The van der Waals surface area contributed by atoms with Crippen LogP contribution in [0.4, 0.5) is 0 Å². The Morgan fingerprint density at radius 3 is 2.83 bits per heavy atom. The highest BCUT2D eigenvalue weighted by Gasteiger charge is 2.09. The van der Waals surface area contributed by atoms with Gasteiger partial charge in [-0.3, -0.25) is 4.72 Å². The van der Waals surface area contributed by atoms with Gasteiger partial charge in [-0.25, -0.2) is 0 Å². The van der Waals surface area contributed by atoms with Gasteiger partial charge in [0.05, 0.1) is 4.71 Å². The van der Waals surface area contributed by atoms with Gasteiger partial charge in [-0.05, 0) is 6.42 Å². The lowest BCUT2D eigenvalue weighted by Gasteiger charge is -1.86. The summed E-state index contributed by atoms with van der Waals surface area (Å²) in [6.45, 7) is 1.07. The lowest BCUT2D eigenvalue weighted by Crippen LogP contribution is -1.91. The molecule has 36 valence electrons. The van der Waals surface area contributed by atoms with E-state index in [2.05, 4.69) is 4.72 Å². The van der Waals surface area contributed by atoms with E-state index in [-0.39, 0.29) is 0 Å². The summed E-state index contributed by atoms with van der Waals surface area (Å²) in [6.07, 6.45) is 1.10. The van der Waals surface area contributed by atoms with Gasteiger partial charge in [0.2, 0.25) is 0 Å². The highest BCUT2D eigenvalue weighted by molar-refractivity contribution is 7.99. The summed E-state index contributed by atoms with van der Waals surface area (Å²) >= 11 is 7.23. The molecule has 1 rings (SSSR count). The molecule has 1 aliphatic rings. The number of halogens is 1. The highest BCUT2D eigenvalue weighted by Crippen LogP contribution is 2.20. The summed E-state index contributed by atoms with van der Waals surface area (Å²) in [4.78, 5) is 0. The number of hydrogen-bond acceptors (Lipinski definition) is 2. The minimum Gasteiger partial charge on any atom is -0.263 e. The van der Waals surface area contributed by atoms with Crippen LogP contribution in [0.2, 0.25) is 0 Å². The summed E-state index contributed by atoms with van der Waals surface area (Å²) in [5.74, 6) is 0. The van der Waals surface area contributed by atoms with Gasteiger partial charge in [0.1, 0.15) is 0 Å². The molecule has 0 spiro atoms. The fourth-order valence-electron chi connectivity index (χ4n) is 0.381. The lowest BCUT2D eigenvalue weighted by molar-refractivity contribution is 0.917. The van der Waals surface area contributed by atoms with Gasteiger partial charge in [-0.1, -0.05) is 11.9 Å². The minimum absolute atomic E-state index is 0.324. The Balaban J connectivity index is 2.18. The van der Waals surface area contributed by atoms with Gasteiger partial charge in [-0.2, -0.15) is 0 Å². The average Bonchev–Trinajstić information content (AvgIpc) is 1.86. The molecule has 0 bridgehead atoms. The molecule has 1 heterocycles. The van der Waals surface area contributed by atoms with E-state index in [9.17, 15) is 0 Å². The lowest BCUT2D eigenvalue weighted by atomic mass is 10.5. The third kappa shape index (κ3) is 1.03. The first-order chi connectivity index (χ1) is 2.89. The molecule has 1 nitrogen and oxygen atoms in total. The average molecular weight is 124 g/mol. The van der Waals surface area contributed by atoms with Crippen molar-refractivity contribution in [1.29, 1.82) is 0 Å². The van der Waals surface area contributed by atoms with E-state index in [1.165, 1.54) is 0 Å². The molecular formula is C3H6ClNS. The summed E-state index contributed by atoms with van der Waals surface area (Å²) in [7, 11) is 0. The molecule has 1 atom stereocenters. The minimum atomic E-state index is 0.324. The van der Waals surface area contributed by atoms with E-state index in [1.807, 2.05) is 0 Å². The molecule has 0 saturated carbocycles. The van der Waals surface area contributed by atoms with Crippen molar-refractivity contribution in [1.82, 2.24) is 4.72 Å². The molecule has 1 aliphatic heterocycles. The predicted octanol–water partition coefficient (Wildman–Crippen LogP) is 1.19. The van der Waals surface area contributed by atoms with Crippen molar-refractivity contribution < 1.29 is 0 Å². The highest BCUT2D eigenvalue weighted by atomic mass is 35.5. The number of nitrogens with one attached hydrogen (secondary N) is 1. The first kappa shape index (κ1) is 4.75. The molecule has 0 aromatic rings. The van der Waals surface area contributed by atoms with Crippen LogP contribution in [0.15, 0.2) is 0 Å². The largest absolute Gasteiger partial charge is 0.263 e. The summed E-state index contributed by atoms with van der Waals surface area (Å²) in [6, 6.07) is 0. The maximum absolute atomic E-state index is 5.61. The number of rotatable bonds is 0. The van der Waals surface area contributed by atoms with Crippen LogP contribution in [-0.4, -0.2) is 11.3 Å². The molecule has 1 N–H and O–H groups in total. The first-order valence-corrected chi connectivity index (χ1v) is 3.24. The molecular weight excluding hydrogens is 118 g/mol. The Hall–Kier alpha value is 0.600. The van der Waals surface area contributed by atoms with E-state index in [1.54, 1.807) is 11.9 Å². The molecule has 1 fully saturated rings. The molecule has 0 aromatic heterocycles. The Morgan fingerprint density at radius 1 is 1.83 bits per heavy atom. The second kappa shape index (κ2) is 2.05. The molecule has 3 heteroatoms. The van der Waals surface area contributed by atoms with Gasteiger partial charge >= 0.3 is 0 Å². The van der Waals surface area contributed by atoms with Gasteiger partial charge in [0, 0.05) is 6.54 Å². The van der Waals surface area contributed by atoms with Crippen LogP contribution in [0.1, 0.15) is 6.42 Å². The van der Waals surface area contributed by atoms with E-state index in [0.29, 0.717) is 4.71 Å². The smallest absolute Gasteiger partial charge is 0.0945 e.